The Labute approximate surface area is 87.9 Å². The Balaban J connectivity index is 2.25. The fourth-order valence-electron chi connectivity index (χ4n) is 1.59. The van der Waals surface area contributed by atoms with E-state index in [4.69, 9.17) is 5.26 Å². The van der Waals surface area contributed by atoms with Gasteiger partial charge in [0.1, 0.15) is 0 Å². The molecule has 1 saturated carbocycles. The largest absolute Gasteiger partial charge is 0.299 e. The Hall–Kier alpha value is -0.550. The van der Waals surface area contributed by atoms with Gasteiger partial charge < -0.3 is 0 Å². The van der Waals surface area contributed by atoms with Gasteiger partial charge in [-0.1, -0.05) is 20.8 Å². The van der Waals surface area contributed by atoms with Gasteiger partial charge in [-0.2, -0.15) is 5.26 Å². The third-order valence-electron chi connectivity index (χ3n) is 2.72. The topological polar surface area (TPSA) is 27.0 Å². The van der Waals surface area contributed by atoms with Gasteiger partial charge >= 0.3 is 0 Å². The molecule has 0 aliphatic heterocycles. The Morgan fingerprint density at radius 2 is 1.93 bits per heavy atom. The van der Waals surface area contributed by atoms with Crippen LogP contribution in [0.4, 0.5) is 0 Å². The summed E-state index contributed by atoms with van der Waals surface area (Å²) in [6, 6.07) is 3.03. The fourth-order valence-corrected chi connectivity index (χ4v) is 1.59. The van der Waals surface area contributed by atoms with Gasteiger partial charge in [0, 0.05) is 19.0 Å². The molecule has 0 unspecified atom stereocenters. The molecule has 0 atom stereocenters. The highest BCUT2D eigenvalue weighted by Crippen LogP contribution is 2.29. The van der Waals surface area contributed by atoms with E-state index < -0.39 is 0 Å². The van der Waals surface area contributed by atoms with Crippen LogP contribution in [0.1, 0.15) is 46.5 Å². The molecule has 0 amide bonds. The zero-order valence-electron chi connectivity index (χ0n) is 9.71. The molecule has 0 N–H and O–H groups in total. The summed E-state index contributed by atoms with van der Waals surface area (Å²) in [5.41, 5.74) is 0.416. The highest BCUT2D eigenvalue weighted by Gasteiger charge is 2.28. The first-order valence-corrected chi connectivity index (χ1v) is 5.64. The van der Waals surface area contributed by atoms with Gasteiger partial charge in [0.05, 0.1) is 6.07 Å². The zero-order chi connectivity index (χ0) is 10.6. The summed E-state index contributed by atoms with van der Waals surface area (Å²) in [6.07, 6.45) is 4.60. The van der Waals surface area contributed by atoms with Gasteiger partial charge in [0.25, 0.3) is 0 Å². The van der Waals surface area contributed by atoms with Crippen LogP contribution in [0.3, 0.4) is 0 Å². The van der Waals surface area contributed by atoms with Crippen molar-refractivity contribution < 1.29 is 0 Å². The first-order chi connectivity index (χ1) is 6.53. The van der Waals surface area contributed by atoms with Gasteiger partial charge in [-0.05, 0) is 31.2 Å². The quantitative estimate of drug-likeness (QED) is 0.673. The van der Waals surface area contributed by atoms with E-state index in [0.29, 0.717) is 11.8 Å². The average molecular weight is 194 g/mol. The van der Waals surface area contributed by atoms with Crippen LogP contribution in [0, 0.1) is 16.7 Å². The molecule has 1 aliphatic rings. The van der Waals surface area contributed by atoms with Crippen LogP contribution in [-0.4, -0.2) is 24.0 Å². The minimum atomic E-state index is 0.416. The van der Waals surface area contributed by atoms with Crippen LogP contribution in [0.5, 0.6) is 0 Å². The molecule has 0 saturated heterocycles. The maximum atomic E-state index is 8.57. The molecule has 0 spiro atoms. The van der Waals surface area contributed by atoms with E-state index in [-0.39, 0.29) is 0 Å². The molecule has 0 aromatic carbocycles. The van der Waals surface area contributed by atoms with Gasteiger partial charge in [-0.25, -0.2) is 0 Å². The summed E-state index contributed by atoms with van der Waals surface area (Å²) < 4.78 is 0. The molecule has 80 valence electrons. The number of rotatable bonds is 5. The van der Waals surface area contributed by atoms with Crippen LogP contribution in [-0.2, 0) is 0 Å². The van der Waals surface area contributed by atoms with Crippen molar-refractivity contribution in [1.82, 2.24) is 4.90 Å². The molecule has 2 nitrogen and oxygen atoms in total. The standard InChI is InChI=1S/C12H22N2/c1-12(2,3)7-10-14(9-4-8-13)11-5-6-11/h11H,4-7,9-10H2,1-3H3. The smallest absolute Gasteiger partial charge is 0.0635 e. The molecule has 0 radical (unpaired) electrons. The van der Waals surface area contributed by atoms with Crippen LogP contribution >= 0.6 is 0 Å². The summed E-state index contributed by atoms with van der Waals surface area (Å²) >= 11 is 0. The predicted molar refractivity (Wildman–Crippen MR) is 58.9 cm³/mol. The molecule has 1 aliphatic carbocycles. The van der Waals surface area contributed by atoms with E-state index in [1.54, 1.807) is 0 Å². The second-order valence-electron chi connectivity index (χ2n) is 5.49. The summed E-state index contributed by atoms with van der Waals surface area (Å²) in [5.74, 6) is 0. The molecular weight excluding hydrogens is 172 g/mol. The summed E-state index contributed by atoms with van der Waals surface area (Å²) in [7, 11) is 0. The number of nitrogens with zero attached hydrogens (tertiary/aromatic N) is 2. The maximum Gasteiger partial charge on any atom is 0.0635 e. The van der Waals surface area contributed by atoms with E-state index >= 15 is 0 Å². The van der Waals surface area contributed by atoms with Gasteiger partial charge in [0.15, 0.2) is 0 Å². The molecular formula is C12H22N2. The zero-order valence-corrected chi connectivity index (χ0v) is 9.71. The van der Waals surface area contributed by atoms with Crippen molar-refractivity contribution in [3.05, 3.63) is 0 Å². The predicted octanol–water partition coefficient (Wildman–Crippen LogP) is 2.80. The number of hydrogen-bond acceptors (Lipinski definition) is 2. The van der Waals surface area contributed by atoms with E-state index in [1.807, 2.05) is 0 Å². The summed E-state index contributed by atoms with van der Waals surface area (Å²) in [4.78, 5) is 2.49. The van der Waals surface area contributed by atoms with Crippen molar-refractivity contribution in [2.45, 2.75) is 52.5 Å². The molecule has 1 fully saturated rings. The van der Waals surface area contributed by atoms with Crippen molar-refractivity contribution in [3.8, 4) is 6.07 Å². The molecule has 0 bridgehead atoms. The molecule has 2 heteroatoms. The first-order valence-electron chi connectivity index (χ1n) is 5.64. The highest BCUT2D eigenvalue weighted by molar-refractivity contribution is 4.87. The molecule has 1 rings (SSSR count). The number of hydrogen-bond donors (Lipinski definition) is 0. The SMILES string of the molecule is CC(C)(C)CCN(CCC#N)C1CC1. The van der Waals surface area contributed by atoms with Crippen molar-refractivity contribution >= 4 is 0 Å². The third-order valence-corrected chi connectivity index (χ3v) is 2.72. The molecule has 0 aromatic heterocycles. The number of nitriles is 1. The molecule has 14 heavy (non-hydrogen) atoms. The van der Waals surface area contributed by atoms with Crippen LogP contribution < -0.4 is 0 Å². The monoisotopic (exact) mass is 194 g/mol. The van der Waals surface area contributed by atoms with Gasteiger partial charge in [0.2, 0.25) is 0 Å². The molecule has 0 aromatic rings. The van der Waals surface area contributed by atoms with Crippen LogP contribution in [0.25, 0.3) is 0 Å². The lowest BCUT2D eigenvalue weighted by Gasteiger charge is -2.25. The second kappa shape index (κ2) is 4.79. The van der Waals surface area contributed by atoms with E-state index in [0.717, 1.165) is 19.1 Å². The normalized spacial score (nSPS) is 17.1. The van der Waals surface area contributed by atoms with E-state index in [2.05, 4.69) is 31.7 Å². The van der Waals surface area contributed by atoms with Crippen LogP contribution in [0.15, 0.2) is 0 Å². The second-order valence-corrected chi connectivity index (χ2v) is 5.49. The lowest BCUT2D eigenvalue weighted by atomic mass is 9.92. The van der Waals surface area contributed by atoms with E-state index in [1.165, 1.54) is 19.3 Å². The van der Waals surface area contributed by atoms with Crippen molar-refractivity contribution in [2.75, 3.05) is 13.1 Å². The Morgan fingerprint density at radius 1 is 1.29 bits per heavy atom. The Bertz CT molecular complexity index is 205. The third kappa shape index (κ3) is 4.62. The molecule has 0 heterocycles. The lowest BCUT2D eigenvalue weighted by Crippen LogP contribution is -2.30. The van der Waals surface area contributed by atoms with E-state index in [9.17, 15) is 0 Å². The van der Waals surface area contributed by atoms with Crippen molar-refractivity contribution in [3.63, 3.8) is 0 Å². The van der Waals surface area contributed by atoms with Crippen molar-refractivity contribution in [2.24, 2.45) is 5.41 Å². The van der Waals surface area contributed by atoms with Crippen LogP contribution in [0.2, 0.25) is 0 Å². The Kier molecular flexibility index (Phi) is 3.95. The lowest BCUT2D eigenvalue weighted by molar-refractivity contribution is 0.223. The summed E-state index contributed by atoms with van der Waals surface area (Å²) in [5, 5.41) is 8.57. The maximum absolute atomic E-state index is 8.57. The van der Waals surface area contributed by atoms with Gasteiger partial charge in [-0.15, -0.1) is 0 Å². The van der Waals surface area contributed by atoms with Gasteiger partial charge in [-0.3, -0.25) is 4.90 Å². The average Bonchev–Trinajstić information content (AvgIpc) is 2.86. The Morgan fingerprint density at radius 3 is 2.36 bits per heavy atom. The summed E-state index contributed by atoms with van der Waals surface area (Å²) in [6.45, 7) is 8.97. The minimum Gasteiger partial charge on any atom is -0.299 e. The minimum absolute atomic E-state index is 0.416. The highest BCUT2D eigenvalue weighted by atomic mass is 15.2. The first kappa shape index (κ1) is 11.5. The fraction of sp³-hybridized carbons (Fsp3) is 0.917. The van der Waals surface area contributed by atoms with Crippen molar-refractivity contribution in [1.29, 1.82) is 5.26 Å².